The summed E-state index contributed by atoms with van der Waals surface area (Å²) in [6, 6.07) is 4.70. The second kappa shape index (κ2) is 7.34. The zero-order valence-corrected chi connectivity index (χ0v) is 14.6. The van der Waals surface area contributed by atoms with Crippen LogP contribution in [0.25, 0.3) is 0 Å². The van der Waals surface area contributed by atoms with E-state index in [0.29, 0.717) is 31.8 Å². The number of carboxylic acids is 1. The molecule has 1 aromatic heterocycles. The molecule has 0 unspecified atom stereocenters. The zero-order valence-electron chi connectivity index (χ0n) is 11.4. The Hall–Kier alpha value is -1.25. The first-order valence-corrected chi connectivity index (χ1v) is 8.48. The van der Waals surface area contributed by atoms with E-state index in [4.69, 9.17) is 17.3 Å². The van der Waals surface area contributed by atoms with Crippen LogP contribution >= 0.6 is 39.5 Å². The predicted molar refractivity (Wildman–Crippen MR) is 88.6 cm³/mol. The first-order chi connectivity index (χ1) is 10.4. The van der Waals surface area contributed by atoms with Gasteiger partial charge in [-0.2, -0.15) is 0 Å². The molecule has 0 radical (unpaired) electrons. The van der Waals surface area contributed by atoms with Crippen molar-refractivity contribution in [1.82, 2.24) is 4.57 Å². The summed E-state index contributed by atoms with van der Waals surface area (Å²) in [5, 5.41) is 18.9. The number of rotatable bonds is 6. The minimum absolute atomic E-state index is 0.00521. The van der Waals surface area contributed by atoms with Gasteiger partial charge in [-0.25, -0.2) is 4.39 Å². The van der Waals surface area contributed by atoms with Crippen molar-refractivity contribution in [2.24, 2.45) is 0 Å². The molecule has 0 spiro atoms. The number of thiazole rings is 1. The van der Waals surface area contributed by atoms with E-state index in [1.165, 1.54) is 22.0 Å². The SMILES string of the molecule is O=C(O)CCCn1c(O)c(Cc2c(F)cccc2Br)sc1=S. The Morgan fingerprint density at radius 2 is 2.18 bits per heavy atom. The van der Waals surface area contributed by atoms with Crippen molar-refractivity contribution in [2.45, 2.75) is 25.8 Å². The second-order valence-electron chi connectivity index (χ2n) is 4.64. The van der Waals surface area contributed by atoms with Crippen LogP contribution < -0.4 is 0 Å². The Kier molecular flexibility index (Phi) is 5.71. The number of carbonyl (C=O) groups is 1. The minimum atomic E-state index is -0.892. The Morgan fingerprint density at radius 3 is 2.82 bits per heavy atom. The van der Waals surface area contributed by atoms with E-state index in [2.05, 4.69) is 15.9 Å². The van der Waals surface area contributed by atoms with Crippen molar-refractivity contribution in [2.75, 3.05) is 0 Å². The quantitative estimate of drug-likeness (QED) is 0.701. The molecule has 118 valence electrons. The smallest absolute Gasteiger partial charge is 0.303 e. The van der Waals surface area contributed by atoms with Crippen LogP contribution in [0.15, 0.2) is 22.7 Å². The molecule has 1 heterocycles. The van der Waals surface area contributed by atoms with E-state index >= 15 is 0 Å². The molecule has 0 fully saturated rings. The first-order valence-electron chi connectivity index (χ1n) is 6.46. The lowest BCUT2D eigenvalue weighted by Crippen LogP contribution is -2.02. The number of hydrogen-bond acceptors (Lipinski definition) is 4. The number of aromatic nitrogens is 1. The van der Waals surface area contributed by atoms with E-state index in [0.717, 1.165) is 0 Å². The molecule has 2 aromatic rings. The van der Waals surface area contributed by atoms with Crippen LogP contribution in [-0.2, 0) is 17.8 Å². The van der Waals surface area contributed by atoms with Gasteiger partial charge < -0.3 is 10.2 Å². The molecule has 0 aliphatic heterocycles. The Labute approximate surface area is 144 Å². The van der Waals surface area contributed by atoms with Crippen LogP contribution in [0.2, 0.25) is 0 Å². The minimum Gasteiger partial charge on any atom is -0.494 e. The molecule has 0 saturated heterocycles. The van der Waals surface area contributed by atoms with Crippen molar-refractivity contribution in [1.29, 1.82) is 0 Å². The standard InChI is InChI=1S/C14H13BrFNO3S2/c15-9-3-1-4-10(16)8(9)7-11-13(20)17(14(21)22-11)6-2-5-12(18)19/h1,3-4,20H,2,5-7H2,(H,18,19). The number of hydrogen-bond donors (Lipinski definition) is 2. The van der Waals surface area contributed by atoms with Gasteiger partial charge in [-0.15, -0.1) is 11.3 Å². The largest absolute Gasteiger partial charge is 0.494 e. The van der Waals surface area contributed by atoms with Crippen LogP contribution in [0.4, 0.5) is 4.39 Å². The van der Waals surface area contributed by atoms with Gasteiger partial charge in [-0.3, -0.25) is 9.36 Å². The van der Waals surface area contributed by atoms with Crippen LogP contribution in [-0.4, -0.2) is 20.7 Å². The van der Waals surface area contributed by atoms with E-state index in [9.17, 15) is 14.3 Å². The van der Waals surface area contributed by atoms with Gasteiger partial charge in [-0.05, 0) is 30.8 Å². The second-order valence-corrected chi connectivity index (χ2v) is 7.22. The molecule has 4 nitrogen and oxygen atoms in total. The molecule has 0 bridgehead atoms. The Bertz CT molecular complexity index is 737. The molecular weight excluding hydrogens is 393 g/mol. The summed E-state index contributed by atoms with van der Waals surface area (Å²) in [6.45, 7) is 0.325. The van der Waals surface area contributed by atoms with Crippen molar-refractivity contribution in [3.8, 4) is 5.88 Å². The molecule has 0 amide bonds. The maximum Gasteiger partial charge on any atom is 0.303 e. The normalized spacial score (nSPS) is 10.8. The lowest BCUT2D eigenvalue weighted by Gasteiger charge is -2.06. The molecule has 2 rings (SSSR count). The highest BCUT2D eigenvalue weighted by molar-refractivity contribution is 9.10. The molecule has 0 atom stereocenters. The van der Waals surface area contributed by atoms with Crippen LogP contribution in [0.5, 0.6) is 5.88 Å². The number of aliphatic carboxylic acids is 1. The zero-order chi connectivity index (χ0) is 16.3. The van der Waals surface area contributed by atoms with Gasteiger partial charge in [0, 0.05) is 29.4 Å². The molecule has 2 N–H and O–H groups in total. The van der Waals surface area contributed by atoms with Gasteiger partial charge in [0.15, 0.2) is 3.95 Å². The van der Waals surface area contributed by atoms with Crippen molar-refractivity contribution in [3.05, 3.63) is 42.9 Å². The summed E-state index contributed by atoms with van der Waals surface area (Å²) < 4.78 is 16.4. The summed E-state index contributed by atoms with van der Waals surface area (Å²) in [7, 11) is 0. The Balaban J connectivity index is 2.23. The molecule has 0 aliphatic carbocycles. The highest BCUT2D eigenvalue weighted by Crippen LogP contribution is 2.31. The highest BCUT2D eigenvalue weighted by Gasteiger charge is 2.16. The van der Waals surface area contributed by atoms with Gasteiger partial charge in [-0.1, -0.05) is 22.0 Å². The maximum atomic E-state index is 13.9. The number of nitrogens with zero attached hydrogens (tertiary/aromatic N) is 1. The van der Waals surface area contributed by atoms with Gasteiger partial charge in [0.1, 0.15) is 5.82 Å². The predicted octanol–water partition coefficient (Wildman–Crippen LogP) is 4.34. The third-order valence-electron chi connectivity index (χ3n) is 3.11. The average molecular weight is 406 g/mol. The lowest BCUT2D eigenvalue weighted by atomic mass is 10.1. The first kappa shape index (κ1) is 17.1. The molecule has 0 aliphatic rings. The lowest BCUT2D eigenvalue weighted by molar-refractivity contribution is -0.137. The number of benzene rings is 1. The molecule has 1 aromatic carbocycles. The van der Waals surface area contributed by atoms with Crippen molar-refractivity contribution in [3.63, 3.8) is 0 Å². The van der Waals surface area contributed by atoms with E-state index in [1.807, 2.05) is 0 Å². The van der Waals surface area contributed by atoms with Gasteiger partial charge in [0.2, 0.25) is 5.88 Å². The monoisotopic (exact) mass is 405 g/mol. The van der Waals surface area contributed by atoms with Gasteiger partial charge in [0.05, 0.1) is 4.88 Å². The fourth-order valence-electron chi connectivity index (χ4n) is 2.01. The van der Waals surface area contributed by atoms with Gasteiger partial charge >= 0.3 is 5.97 Å². The Morgan fingerprint density at radius 1 is 1.45 bits per heavy atom. The molecule has 0 saturated carbocycles. The molecule has 22 heavy (non-hydrogen) atoms. The van der Waals surface area contributed by atoms with E-state index in [-0.39, 0.29) is 24.5 Å². The number of carboxylic acid groups (broad SMARTS) is 1. The van der Waals surface area contributed by atoms with Crippen LogP contribution in [0.3, 0.4) is 0 Å². The molecule has 8 heteroatoms. The number of halogens is 2. The van der Waals surface area contributed by atoms with Crippen molar-refractivity contribution < 1.29 is 19.4 Å². The number of aromatic hydroxyl groups is 1. The fourth-order valence-corrected chi connectivity index (χ4v) is 3.88. The maximum absolute atomic E-state index is 13.9. The average Bonchev–Trinajstić information content (AvgIpc) is 2.70. The fraction of sp³-hybridized carbons (Fsp3) is 0.286. The summed E-state index contributed by atoms with van der Waals surface area (Å²) in [4.78, 5) is 11.1. The van der Waals surface area contributed by atoms with E-state index in [1.54, 1.807) is 12.1 Å². The summed E-state index contributed by atoms with van der Waals surface area (Å²) in [5.74, 6) is -1.27. The van der Waals surface area contributed by atoms with Crippen LogP contribution in [0.1, 0.15) is 23.3 Å². The summed E-state index contributed by atoms with van der Waals surface area (Å²) in [6.07, 6.45) is 0.599. The summed E-state index contributed by atoms with van der Waals surface area (Å²) >= 11 is 9.69. The van der Waals surface area contributed by atoms with Crippen LogP contribution in [0, 0.1) is 9.77 Å². The molecular formula is C14H13BrFNO3S2. The van der Waals surface area contributed by atoms with Crippen molar-refractivity contribution >= 4 is 45.5 Å². The van der Waals surface area contributed by atoms with Gasteiger partial charge in [0.25, 0.3) is 0 Å². The topological polar surface area (TPSA) is 62.5 Å². The third kappa shape index (κ3) is 3.93. The summed E-state index contributed by atoms with van der Waals surface area (Å²) in [5.41, 5.74) is 0.451. The highest BCUT2D eigenvalue weighted by atomic mass is 79.9. The third-order valence-corrected chi connectivity index (χ3v) is 5.29. The van der Waals surface area contributed by atoms with E-state index < -0.39 is 5.97 Å².